The second-order valence-corrected chi connectivity index (χ2v) is 7.34. The van der Waals surface area contributed by atoms with Crippen molar-refractivity contribution in [2.24, 2.45) is 0 Å². The molecule has 0 atom stereocenters. The number of nitrogens with zero attached hydrogens (tertiary/aromatic N) is 1. The molecule has 0 saturated carbocycles. The maximum Gasteiger partial charge on any atom is 0.416 e. The van der Waals surface area contributed by atoms with Crippen LogP contribution in [0.15, 0.2) is 48.5 Å². The number of amides is 1. The number of halogens is 4. The van der Waals surface area contributed by atoms with Crippen molar-refractivity contribution >= 4 is 11.8 Å². The van der Waals surface area contributed by atoms with E-state index < -0.39 is 23.4 Å². The number of carbonyl (C=O) groups excluding carboxylic acids is 1. The number of anilines is 1. The molecule has 0 aliphatic carbocycles. The molecule has 2 aliphatic heterocycles. The molecular formula is C21H21ClF3N2O2-. The van der Waals surface area contributed by atoms with Gasteiger partial charge in [-0.25, -0.2) is 4.79 Å². The number of rotatable bonds is 3. The van der Waals surface area contributed by atoms with E-state index in [1.165, 1.54) is 0 Å². The lowest BCUT2D eigenvalue weighted by molar-refractivity contribution is -0.137. The van der Waals surface area contributed by atoms with Gasteiger partial charge in [0.1, 0.15) is 5.60 Å². The minimum absolute atomic E-state index is 0. The van der Waals surface area contributed by atoms with Crippen LogP contribution in [0.3, 0.4) is 0 Å². The van der Waals surface area contributed by atoms with Crippen molar-refractivity contribution in [3.05, 3.63) is 65.2 Å². The Labute approximate surface area is 173 Å². The maximum absolute atomic E-state index is 12.7. The second-order valence-electron chi connectivity index (χ2n) is 7.34. The Balaban J connectivity index is 0.00000240. The standard InChI is InChI=1S/C21H21F3N2O2.ClH/c22-21(23,24)16-7-5-15(6-8-16)9-12-26-13-10-20(11-14-26)17-3-1-2-4-18(17)25-19(27)28-20;/h1-8H,9-14H2,(H,25,27);1H/p-1. The topological polar surface area (TPSA) is 41.6 Å². The zero-order valence-corrected chi connectivity index (χ0v) is 16.4. The molecule has 2 aromatic carbocycles. The van der Waals surface area contributed by atoms with E-state index in [0.29, 0.717) is 19.3 Å². The fourth-order valence-electron chi connectivity index (χ4n) is 4.01. The number of hydrogen-bond acceptors (Lipinski definition) is 3. The molecule has 1 saturated heterocycles. The molecule has 4 nitrogen and oxygen atoms in total. The molecule has 0 radical (unpaired) electrons. The highest BCUT2D eigenvalue weighted by atomic mass is 35.5. The van der Waals surface area contributed by atoms with Gasteiger partial charge >= 0.3 is 12.3 Å². The van der Waals surface area contributed by atoms with Crippen molar-refractivity contribution in [2.75, 3.05) is 25.0 Å². The molecule has 2 heterocycles. The molecule has 0 bridgehead atoms. The summed E-state index contributed by atoms with van der Waals surface area (Å²) >= 11 is 0. The van der Waals surface area contributed by atoms with E-state index in [-0.39, 0.29) is 12.4 Å². The van der Waals surface area contributed by atoms with E-state index in [1.54, 1.807) is 12.1 Å². The average Bonchev–Trinajstić information content (AvgIpc) is 2.67. The zero-order valence-electron chi connectivity index (χ0n) is 15.6. The maximum atomic E-state index is 12.7. The molecule has 1 spiro atoms. The minimum atomic E-state index is -4.30. The third-order valence-corrected chi connectivity index (χ3v) is 5.60. The van der Waals surface area contributed by atoms with E-state index in [9.17, 15) is 18.0 Å². The van der Waals surface area contributed by atoms with Crippen LogP contribution in [-0.2, 0) is 22.9 Å². The van der Waals surface area contributed by atoms with Gasteiger partial charge in [0.25, 0.3) is 0 Å². The Morgan fingerprint density at radius 2 is 1.69 bits per heavy atom. The van der Waals surface area contributed by atoms with Gasteiger partial charge < -0.3 is 22.0 Å². The largest absolute Gasteiger partial charge is 1.00 e. The predicted octanol–water partition coefficient (Wildman–Crippen LogP) is 1.81. The Hall–Kier alpha value is -2.25. The Kier molecular flexibility index (Phi) is 6.10. The molecule has 2 aromatic rings. The Morgan fingerprint density at radius 1 is 1.03 bits per heavy atom. The van der Waals surface area contributed by atoms with Crippen LogP contribution in [0.25, 0.3) is 0 Å². The van der Waals surface area contributed by atoms with Crippen LogP contribution in [-0.4, -0.2) is 30.6 Å². The first-order valence-corrected chi connectivity index (χ1v) is 9.34. The lowest BCUT2D eigenvalue weighted by Crippen LogP contribution is -3.00. The second kappa shape index (κ2) is 8.24. The first-order valence-electron chi connectivity index (χ1n) is 9.34. The van der Waals surface area contributed by atoms with Gasteiger partial charge in [-0.2, -0.15) is 13.2 Å². The van der Waals surface area contributed by atoms with Crippen molar-refractivity contribution in [1.29, 1.82) is 0 Å². The summed E-state index contributed by atoms with van der Waals surface area (Å²) in [5, 5.41) is 2.75. The highest BCUT2D eigenvalue weighted by Crippen LogP contribution is 2.43. The summed E-state index contributed by atoms with van der Waals surface area (Å²) in [7, 11) is 0. The monoisotopic (exact) mass is 425 g/mol. The summed E-state index contributed by atoms with van der Waals surface area (Å²) in [6.45, 7) is 2.29. The third-order valence-electron chi connectivity index (χ3n) is 5.60. The lowest BCUT2D eigenvalue weighted by atomic mass is 9.82. The van der Waals surface area contributed by atoms with Gasteiger partial charge in [-0.15, -0.1) is 0 Å². The van der Waals surface area contributed by atoms with Crippen LogP contribution in [0.5, 0.6) is 0 Å². The van der Waals surface area contributed by atoms with Crippen LogP contribution < -0.4 is 17.7 Å². The van der Waals surface area contributed by atoms with Gasteiger partial charge in [-0.05, 0) is 30.2 Å². The molecule has 156 valence electrons. The highest BCUT2D eigenvalue weighted by Gasteiger charge is 2.44. The molecule has 8 heteroatoms. The number of benzene rings is 2. The van der Waals surface area contributed by atoms with Crippen molar-refractivity contribution in [3.8, 4) is 0 Å². The van der Waals surface area contributed by atoms with Crippen molar-refractivity contribution in [3.63, 3.8) is 0 Å². The number of alkyl halides is 3. The van der Waals surface area contributed by atoms with E-state index in [1.807, 2.05) is 24.3 Å². The SMILES string of the molecule is O=C1Nc2ccccc2C2(CCN(CCc3ccc(C(F)(F)F)cc3)CC2)O1.[Cl-]. The minimum Gasteiger partial charge on any atom is -1.00 e. The molecule has 1 fully saturated rings. The first kappa shape index (κ1) is 21.5. The number of fused-ring (bicyclic) bond motifs is 2. The van der Waals surface area contributed by atoms with E-state index in [2.05, 4.69) is 10.2 Å². The zero-order chi connectivity index (χ0) is 19.8. The fraction of sp³-hybridized carbons (Fsp3) is 0.381. The van der Waals surface area contributed by atoms with E-state index in [0.717, 1.165) is 48.6 Å². The van der Waals surface area contributed by atoms with Gasteiger partial charge in [-0.3, -0.25) is 5.32 Å². The van der Waals surface area contributed by atoms with Gasteiger partial charge in [0.15, 0.2) is 0 Å². The van der Waals surface area contributed by atoms with Gasteiger partial charge in [0, 0.05) is 38.0 Å². The number of hydrogen-bond donors (Lipinski definition) is 1. The average molecular weight is 426 g/mol. The number of likely N-dealkylation sites (tertiary alicyclic amines) is 1. The summed E-state index contributed by atoms with van der Waals surface area (Å²) in [5.41, 5.74) is 1.48. The molecule has 1 N–H and O–H groups in total. The molecule has 1 amide bonds. The van der Waals surface area contributed by atoms with Gasteiger partial charge in [0.2, 0.25) is 0 Å². The van der Waals surface area contributed by atoms with Gasteiger partial charge in [0.05, 0.1) is 11.3 Å². The molecular weight excluding hydrogens is 405 g/mol. The first-order chi connectivity index (χ1) is 13.4. The number of piperidine rings is 1. The molecule has 29 heavy (non-hydrogen) atoms. The quantitative estimate of drug-likeness (QED) is 0.815. The molecule has 0 aromatic heterocycles. The van der Waals surface area contributed by atoms with Crippen LogP contribution in [0.4, 0.5) is 23.7 Å². The summed E-state index contributed by atoms with van der Waals surface area (Å²) in [6.07, 6.45) is -2.64. The van der Waals surface area contributed by atoms with Gasteiger partial charge in [-0.1, -0.05) is 30.3 Å². The number of carbonyl (C=O) groups is 1. The van der Waals surface area contributed by atoms with Crippen LogP contribution in [0.1, 0.15) is 29.5 Å². The third kappa shape index (κ3) is 4.51. The molecule has 2 aliphatic rings. The number of para-hydroxylation sites is 1. The van der Waals surface area contributed by atoms with Crippen molar-refractivity contribution in [2.45, 2.75) is 31.0 Å². The van der Waals surface area contributed by atoms with Crippen LogP contribution >= 0.6 is 0 Å². The Bertz CT molecular complexity index is 863. The Morgan fingerprint density at radius 3 is 2.34 bits per heavy atom. The van der Waals surface area contributed by atoms with Crippen LogP contribution in [0.2, 0.25) is 0 Å². The normalized spacial score (nSPS) is 18.4. The summed E-state index contributed by atoms with van der Waals surface area (Å²) in [4.78, 5) is 14.2. The highest BCUT2D eigenvalue weighted by molar-refractivity contribution is 5.88. The summed E-state index contributed by atoms with van der Waals surface area (Å²) in [5.74, 6) is 0. The van der Waals surface area contributed by atoms with Crippen molar-refractivity contribution < 1.29 is 35.1 Å². The predicted molar refractivity (Wildman–Crippen MR) is 99.0 cm³/mol. The lowest BCUT2D eigenvalue weighted by Gasteiger charge is -2.44. The smallest absolute Gasteiger partial charge is 0.416 e. The molecule has 0 unspecified atom stereocenters. The number of nitrogens with one attached hydrogen (secondary N) is 1. The van der Waals surface area contributed by atoms with Crippen molar-refractivity contribution in [1.82, 2.24) is 4.90 Å². The van der Waals surface area contributed by atoms with Crippen LogP contribution in [0, 0.1) is 0 Å². The summed E-state index contributed by atoms with van der Waals surface area (Å²) < 4.78 is 43.7. The van der Waals surface area contributed by atoms with E-state index in [4.69, 9.17) is 4.74 Å². The number of ether oxygens (including phenoxy) is 1. The molecule has 4 rings (SSSR count). The summed E-state index contributed by atoms with van der Waals surface area (Å²) in [6, 6.07) is 13.0. The van der Waals surface area contributed by atoms with E-state index >= 15 is 0 Å². The fourth-order valence-corrected chi connectivity index (χ4v) is 4.01.